The number of aromatic nitrogens is 2. The monoisotopic (exact) mass is 295 g/mol. The largest absolute Gasteiger partial charge is 0.434 e. The highest BCUT2D eigenvalue weighted by Crippen LogP contribution is 3.09. The van der Waals surface area contributed by atoms with Gasteiger partial charge in [0.15, 0.2) is 5.69 Å². The first-order valence-corrected chi connectivity index (χ1v) is 7.67. The third-order valence-electron chi connectivity index (χ3n) is 7.87. The Hall–Kier alpha value is -1.04. The van der Waals surface area contributed by atoms with Crippen molar-refractivity contribution in [2.45, 2.75) is 11.6 Å². The van der Waals surface area contributed by atoms with Crippen molar-refractivity contribution in [3.05, 3.63) is 17.7 Å². The van der Waals surface area contributed by atoms with E-state index in [-0.39, 0.29) is 5.41 Å². The van der Waals surface area contributed by atoms with Gasteiger partial charge in [0.25, 0.3) is 0 Å². The number of halogens is 3. The average molecular weight is 295 g/mol. The van der Waals surface area contributed by atoms with Crippen molar-refractivity contribution in [3.8, 4) is 0 Å². The Bertz CT molecular complexity index is 650. The Morgan fingerprint density at radius 2 is 1.76 bits per heavy atom. The Balaban J connectivity index is 1.39. The fourth-order valence-corrected chi connectivity index (χ4v) is 7.86. The summed E-state index contributed by atoms with van der Waals surface area (Å²) in [6.07, 6.45) is -3.16. The maximum atomic E-state index is 12.9. The van der Waals surface area contributed by atoms with Crippen LogP contribution in [-0.2, 0) is 18.6 Å². The molecule has 21 heavy (non-hydrogen) atoms. The second-order valence-electron chi connectivity index (χ2n) is 7.79. The summed E-state index contributed by atoms with van der Waals surface area (Å²) in [4.78, 5) is 4.01. The SMILES string of the molecule is CNCC12C3C4C1C1C2C3C41c1nc(C(F)(F)F)cn1C. The number of rotatable bonds is 3. The van der Waals surface area contributed by atoms with E-state index in [4.69, 9.17) is 0 Å². The fraction of sp³-hybridized carbons (Fsp3) is 0.800. The molecule has 3 nitrogen and oxygen atoms in total. The van der Waals surface area contributed by atoms with E-state index in [2.05, 4.69) is 10.3 Å². The summed E-state index contributed by atoms with van der Waals surface area (Å²) in [5, 5.41) is 3.32. The molecule has 6 saturated carbocycles. The van der Waals surface area contributed by atoms with E-state index in [1.54, 1.807) is 11.6 Å². The summed E-state index contributed by atoms with van der Waals surface area (Å²) in [6.45, 7) is 1.10. The highest BCUT2D eigenvalue weighted by molar-refractivity contribution is 5.61. The van der Waals surface area contributed by atoms with Crippen molar-refractivity contribution >= 4 is 0 Å². The van der Waals surface area contributed by atoms with E-state index in [9.17, 15) is 13.2 Å². The number of nitrogens with one attached hydrogen (secondary N) is 1. The number of hydrogen-bond acceptors (Lipinski definition) is 2. The van der Waals surface area contributed by atoms with Gasteiger partial charge in [-0.1, -0.05) is 0 Å². The Kier molecular flexibility index (Phi) is 1.46. The lowest BCUT2D eigenvalue weighted by Crippen LogP contribution is -3.12. The van der Waals surface area contributed by atoms with Crippen LogP contribution in [0.4, 0.5) is 13.2 Å². The van der Waals surface area contributed by atoms with E-state index in [1.807, 2.05) is 7.05 Å². The molecule has 1 N–H and O–H groups in total. The zero-order valence-corrected chi connectivity index (χ0v) is 11.8. The van der Waals surface area contributed by atoms with Crippen molar-refractivity contribution < 1.29 is 13.2 Å². The first kappa shape index (κ1) is 11.5. The Morgan fingerprint density at radius 1 is 1.19 bits per heavy atom. The standard InChI is InChI=1S/C15H16F3N3/c1-19-4-13-6-9-7(13)11-8(13)10(6)14(9,11)12-20-5(3-21(12)2)15(16,17)18/h3,6-11,19H,4H2,1-2H3. The van der Waals surface area contributed by atoms with Crippen LogP contribution in [0.5, 0.6) is 0 Å². The molecule has 0 bridgehead atoms. The van der Waals surface area contributed by atoms with Gasteiger partial charge in [-0.3, -0.25) is 0 Å². The quantitative estimate of drug-likeness (QED) is 0.919. The predicted molar refractivity (Wildman–Crippen MR) is 67.2 cm³/mol. The lowest BCUT2D eigenvalue weighted by atomic mass is 8.92. The third-order valence-corrected chi connectivity index (χ3v) is 7.87. The molecule has 112 valence electrons. The molecule has 0 aliphatic heterocycles. The van der Waals surface area contributed by atoms with Gasteiger partial charge in [0.05, 0.1) is 0 Å². The molecule has 0 aromatic carbocycles. The number of aryl methyl sites for hydroxylation is 1. The summed E-state index contributed by atoms with van der Waals surface area (Å²) < 4.78 is 40.3. The molecule has 6 aliphatic carbocycles. The van der Waals surface area contributed by atoms with Gasteiger partial charge in [0.2, 0.25) is 0 Å². The van der Waals surface area contributed by atoms with Crippen molar-refractivity contribution in [1.29, 1.82) is 0 Å². The molecule has 1 aromatic rings. The second-order valence-corrected chi connectivity index (χ2v) is 7.79. The van der Waals surface area contributed by atoms with Gasteiger partial charge in [0.1, 0.15) is 5.82 Å². The molecular weight excluding hydrogens is 279 g/mol. The lowest BCUT2D eigenvalue weighted by molar-refractivity contribution is -0.627. The van der Waals surface area contributed by atoms with Gasteiger partial charge < -0.3 is 9.88 Å². The summed E-state index contributed by atoms with van der Waals surface area (Å²) in [5.41, 5.74) is -0.152. The van der Waals surface area contributed by atoms with E-state index >= 15 is 0 Å². The smallest absolute Gasteiger partial charge is 0.337 e. The summed E-state index contributed by atoms with van der Waals surface area (Å²) in [5.74, 6) is 4.94. The van der Waals surface area contributed by atoms with Crippen molar-refractivity contribution in [2.75, 3.05) is 13.6 Å². The normalized spacial score (nSPS) is 56.6. The van der Waals surface area contributed by atoms with Crippen LogP contribution in [0.2, 0.25) is 0 Å². The number of alkyl halides is 3. The number of nitrogens with zero attached hydrogens (tertiary/aromatic N) is 2. The van der Waals surface area contributed by atoms with Crippen LogP contribution in [0.25, 0.3) is 0 Å². The van der Waals surface area contributed by atoms with Crippen LogP contribution in [0.1, 0.15) is 11.5 Å². The average Bonchev–Trinajstić information content (AvgIpc) is 2.82. The zero-order chi connectivity index (χ0) is 14.5. The molecule has 0 atom stereocenters. The minimum atomic E-state index is -4.33. The Labute approximate surface area is 119 Å². The van der Waals surface area contributed by atoms with Gasteiger partial charge in [-0.2, -0.15) is 13.2 Å². The molecule has 0 unspecified atom stereocenters. The molecule has 1 aromatic heterocycles. The van der Waals surface area contributed by atoms with Crippen LogP contribution in [0.15, 0.2) is 6.20 Å². The maximum Gasteiger partial charge on any atom is 0.434 e. The topological polar surface area (TPSA) is 29.9 Å². The minimum absolute atomic E-state index is 0.0355. The van der Waals surface area contributed by atoms with Crippen LogP contribution in [0, 0.1) is 40.9 Å². The molecule has 7 rings (SSSR count). The fourth-order valence-electron chi connectivity index (χ4n) is 7.86. The first-order valence-electron chi connectivity index (χ1n) is 7.67. The van der Waals surface area contributed by atoms with Gasteiger partial charge >= 0.3 is 6.18 Å². The molecule has 0 amide bonds. The molecule has 6 heteroatoms. The molecule has 6 aliphatic rings. The van der Waals surface area contributed by atoms with Gasteiger partial charge in [-0.05, 0) is 48.0 Å². The van der Waals surface area contributed by atoms with Gasteiger partial charge in [-0.25, -0.2) is 4.98 Å². The van der Waals surface area contributed by atoms with E-state index in [0.717, 1.165) is 30.1 Å². The summed E-state index contributed by atoms with van der Waals surface area (Å²) in [6, 6.07) is 0. The summed E-state index contributed by atoms with van der Waals surface area (Å²) >= 11 is 0. The van der Waals surface area contributed by atoms with Gasteiger partial charge in [0, 0.05) is 25.2 Å². The van der Waals surface area contributed by atoms with Gasteiger partial charge in [-0.15, -0.1) is 0 Å². The van der Waals surface area contributed by atoms with Crippen LogP contribution < -0.4 is 5.32 Å². The highest BCUT2D eigenvalue weighted by atomic mass is 19.4. The Morgan fingerprint density at radius 3 is 2.19 bits per heavy atom. The van der Waals surface area contributed by atoms with Crippen molar-refractivity contribution in [2.24, 2.45) is 48.0 Å². The van der Waals surface area contributed by atoms with E-state index < -0.39 is 11.9 Å². The third kappa shape index (κ3) is 0.721. The summed E-state index contributed by atoms with van der Waals surface area (Å²) in [7, 11) is 3.73. The predicted octanol–water partition coefficient (Wildman–Crippen LogP) is 1.65. The zero-order valence-electron chi connectivity index (χ0n) is 11.8. The van der Waals surface area contributed by atoms with Crippen molar-refractivity contribution in [1.82, 2.24) is 14.9 Å². The van der Waals surface area contributed by atoms with Crippen LogP contribution in [0.3, 0.4) is 0 Å². The second kappa shape index (κ2) is 2.66. The molecule has 0 saturated heterocycles. The number of imidazole rings is 1. The molecule has 6 fully saturated rings. The number of hydrogen-bond donors (Lipinski definition) is 1. The maximum absolute atomic E-state index is 12.9. The van der Waals surface area contributed by atoms with Crippen molar-refractivity contribution in [3.63, 3.8) is 0 Å². The molecule has 0 spiro atoms. The minimum Gasteiger partial charge on any atom is -0.337 e. The first-order chi connectivity index (χ1) is 9.91. The van der Waals surface area contributed by atoms with E-state index in [0.29, 0.717) is 23.2 Å². The van der Waals surface area contributed by atoms with E-state index in [1.165, 1.54) is 6.20 Å². The van der Waals surface area contributed by atoms with Crippen LogP contribution in [-0.4, -0.2) is 23.1 Å². The van der Waals surface area contributed by atoms with Crippen LogP contribution >= 0.6 is 0 Å². The molecular formula is C15H16F3N3. The highest BCUT2D eigenvalue weighted by Gasteiger charge is 3.10. The lowest BCUT2D eigenvalue weighted by Gasteiger charge is -3.11. The molecule has 0 radical (unpaired) electrons. The molecule has 1 heterocycles.